The molecule has 6 nitrogen and oxygen atoms in total. The quantitative estimate of drug-likeness (QED) is 0.822. The van der Waals surface area contributed by atoms with Gasteiger partial charge in [0.05, 0.1) is 12.8 Å². The molecule has 0 spiro atoms. The van der Waals surface area contributed by atoms with Gasteiger partial charge >= 0.3 is 0 Å². The summed E-state index contributed by atoms with van der Waals surface area (Å²) in [6, 6.07) is 13.6. The van der Waals surface area contributed by atoms with Crippen LogP contribution in [0.25, 0.3) is 0 Å². The molecule has 4 rings (SSSR count). The number of piperazine rings is 1. The lowest BCUT2D eigenvalue weighted by Crippen LogP contribution is -2.57. The van der Waals surface area contributed by atoms with Crippen LogP contribution in [0.4, 0.5) is 5.69 Å². The van der Waals surface area contributed by atoms with Gasteiger partial charge in [0.25, 0.3) is 0 Å². The average Bonchev–Trinajstić information content (AvgIpc) is 2.73. The monoisotopic (exact) mass is 377 g/mol. The SMILES string of the molecule is COc1ccc(N=C2C(=O)c3ccccc3C(=O)C2N2CCN(C)CC2)cc1. The first-order chi connectivity index (χ1) is 13.6. The Morgan fingerprint density at radius 2 is 1.57 bits per heavy atom. The normalized spacial score (nSPS) is 22.4. The predicted molar refractivity (Wildman–Crippen MR) is 108 cm³/mol. The van der Waals surface area contributed by atoms with Gasteiger partial charge in [-0.15, -0.1) is 0 Å². The van der Waals surface area contributed by atoms with Crippen molar-refractivity contribution in [1.29, 1.82) is 0 Å². The van der Waals surface area contributed by atoms with Crippen molar-refractivity contribution in [2.45, 2.75) is 6.04 Å². The standard InChI is InChI=1S/C22H23N3O3/c1-24-11-13-25(14-12-24)20-19(23-15-7-9-16(28-2)10-8-15)21(26)17-5-3-4-6-18(17)22(20)27/h3-10,20H,11-14H2,1-2H3. The maximum Gasteiger partial charge on any atom is 0.210 e. The number of rotatable bonds is 3. The lowest BCUT2D eigenvalue weighted by molar-refractivity contribution is 0.0778. The Balaban J connectivity index is 1.78. The number of hydrogen-bond acceptors (Lipinski definition) is 6. The number of ether oxygens (including phenoxy) is 1. The fourth-order valence-corrected chi connectivity index (χ4v) is 3.76. The van der Waals surface area contributed by atoms with Gasteiger partial charge in [-0.2, -0.15) is 0 Å². The molecule has 1 fully saturated rings. The number of nitrogens with zero attached hydrogens (tertiary/aromatic N) is 3. The van der Waals surface area contributed by atoms with Crippen LogP contribution in [0.3, 0.4) is 0 Å². The fourth-order valence-electron chi connectivity index (χ4n) is 3.76. The first-order valence-corrected chi connectivity index (χ1v) is 9.41. The van der Waals surface area contributed by atoms with Crippen molar-refractivity contribution in [2.75, 3.05) is 40.3 Å². The summed E-state index contributed by atoms with van der Waals surface area (Å²) in [5.41, 5.74) is 1.86. The van der Waals surface area contributed by atoms with Gasteiger partial charge in [-0.05, 0) is 31.3 Å². The molecule has 0 N–H and O–H groups in total. The van der Waals surface area contributed by atoms with Crippen LogP contribution in [-0.2, 0) is 0 Å². The number of aliphatic imine (C=N–C) groups is 1. The van der Waals surface area contributed by atoms with Crippen LogP contribution >= 0.6 is 0 Å². The number of fused-ring (bicyclic) bond motifs is 1. The van der Waals surface area contributed by atoms with Crippen molar-refractivity contribution in [3.8, 4) is 5.75 Å². The molecule has 1 unspecified atom stereocenters. The second-order valence-electron chi connectivity index (χ2n) is 7.18. The molecule has 144 valence electrons. The molecule has 1 heterocycles. The van der Waals surface area contributed by atoms with Crippen LogP contribution in [0, 0.1) is 0 Å². The first kappa shape index (κ1) is 18.5. The summed E-state index contributed by atoms with van der Waals surface area (Å²) in [5, 5.41) is 0. The van der Waals surface area contributed by atoms with Crippen molar-refractivity contribution in [3.05, 3.63) is 59.7 Å². The molecule has 2 aromatic carbocycles. The Labute approximate surface area is 164 Å². The van der Waals surface area contributed by atoms with E-state index in [2.05, 4.69) is 21.8 Å². The van der Waals surface area contributed by atoms with E-state index in [1.165, 1.54) is 0 Å². The fraction of sp³-hybridized carbons (Fsp3) is 0.318. The van der Waals surface area contributed by atoms with Crippen LogP contribution in [0.1, 0.15) is 20.7 Å². The molecule has 0 saturated carbocycles. The zero-order valence-electron chi connectivity index (χ0n) is 16.1. The van der Waals surface area contributed by atoms with E-state index in [-0.39, 0.29) is 11.6 Å². The molecule has 2 aromatic rings. The zero-order chi connectivity index (χ0) is 19.7. The van der Waals surface area contributed by atoms with Gasteiger partial charge in [0.2, 0.25) is 5.78 Å². The number of ketones is 2. The highest BCUT2D eigenvalue weighted by Crippen LogP contribution is 2.27. The van der Waals surface area contributed by atoms with E-state index in [1.807, 2.05) is 0 Å². The number of Topliss-reactive ketones (excluding diaryl/α,β-unsaturated/α-hetero) is 2. The molecular weight excluding hydrogens is 354 g/mol. The summed E-state index contributed by atoms with van der Waals surface area (Å²) >= 11 is 0. The van der Waals surface area contributed by atoms with Gasteiger partial charge in [0, 0.05) is 37.3 Å². The second kappa shape index (κ2) is 7.66. The molecule has 0 aromatic heterocycles. The average molecular weight is 377 g/mol. The lowest BCUT2D eigenvalue weighted by atomic mass is 9.83. The van der Waals surface area contributed by atoms with Gasteiger partial charge in [0.15, 0.2) is 5.78 Å². The van der Waals surface area contributed by atoms with Gasteiger partial charge < -0.3 is 9.64 Å². The predicted octanol–water partition coefficient (Wildman–Crippen LogP) is 2.46. The Morgan fingerprint density at radius 1 is 0.929 bits per heavy atom. The molecule has 1 atom stereocenters. The van der Waals surface area contributed by atoms with E-state index in [0.717, 1.165) is 31.9 Å². The molecule has 1 aliphatic heterocycles. The third-order valence-corrected chi connectivity index (χ3v) is 5.40. The summed E-state index contributed by atoms with van der Waals surface area (Å²) in [6.07, 6.45) is 0. The minimum atomic E-state index is -0.641. The van der Waals surface area contributed by atoms with Crippen LogP contribution < -0.4 is 4.74 Å². The van der Waals surface area contributed by atoms with E-state index >= 15 is 0 Å². The Morgan fingerprint density at radius 3 is 2.21 bits per heavy atom. The minimum absolute atomic E-state index is 0.0491. The molecule has 2 aliphatic rings. The van der Waals surface area contributed by atoms with Crippen LogP contribution in [0.5, 0.6) is 5.75 Å². The minimum Gasteiger partial charge on any atom is -0.497 e. The van der Waals surface area contributed by atoms with Crippen LogP contribution in [0.2, 0.25) is 0 Å². The van der Waals surface area contributed by atoms with Crippen molar-refractivity contribution in [3.63, 3.8) is 0 Å². The van der Waals surface area contributed by atoms with E-state index in [0.29, 0.717) is 22.5 Å². The highest BCUT2D eigenvalue weighted by Gasteiger charge is 2.42. The molecule has 28 heavy (non-hydrogen) atoms. The highest BCUT2D eigenvalue weighted by atomic mass is 16.5. The van der Waals surface area contributed by atoms with Crippen molar-refractivity contribution >= 4 is 23.0 Å². The summed E-state index contributed by atoms with van der Waals surface area (Å²) in [5.74, 6) is 0.498. The lowest BCUT2D eigenvalue weighted by Gasteiger charge is -2.39. The molecular formula is C22H23N3O3. The summed E-state index contributed by atoms with van der Waals surface area (Å²) < 4.78 is 5.19. The summed E-state index contributed by atoms with van der Waals surface area (Å²) in [7, 11) is 3.66. The van der Waals surface area contributed by atoms with Crippen LogP contribution in [-0.4, -0.2) is 73.5 Å². The third-order valence-electron chi connectivity index (χ3n) is 5.40. The summed E-state index contributed by atoms with van der Waals surface area (Å²) in [6.45, 7) is 3.17. The first-order valence-electron chi connectivity index (χ1n) is 9.41. The van der Waals surface area contributed by atoms with Gasteiger partial charge in [-0.3, -0.25) is 14.5 Å². The maximum absolute atomic E-state index is 13.3. The second-order valence-corrected chi connectivity index (χ2v) is 7.18. The van der Waals surface area contributed by atoms with E-state index in [4.69, 9.17) is 4.74 Å². The van der Waals surface area contributed by atoms with Gasteiger partial charge in [-0.25, -0.2) is 4.99 Å². The molecule has 0 bridgehead atoms. The third kappa shape index (κ3) is 3.37. The highest BCUT2D eigenvalue weighted by molar-refractivity contribution is 6.55. The molecule has 6 heteroatoms. The van der Waals surface area contributed by atoms with E-state index < -0.39 is 6.04 Å². The summed E-state index contributed by atoms with van der Waals surface area (Å²) in [4.78, 5) is 35.5. The smallest absolute Gasteiger partial charge is 0.210 e. The van der Waals surface area contributed by atoms with Crippen molar-refractivity contribution in [1.82, 2.24) is 9.80 Å². The Kier molecular flexibility index (Phi) is 5.07. The molecule has 1 aliphatic carbocycles. The topological polar surface area (TPSA) is 62.2 Å². The van der Waals surface area contributed by atoms with Crippen molar-refractivity contribution in [2.24, 2.45) is 4.99 Å². The van der Waals surface area contributed by atoms with Gasteiger partial charge in [0.1, 0.15) is 17.5 Å². The number of benzene rings is 2. The van der Waals surface area contributed by atoms with E-state index in [9.17, 15) is 9.59 Å². The van der Waals surface area contributed by atoms with Gasteiger partial charge in [-0.1, -0.05) is 24.3 Å². The number of likely N-dealkylation sites (N-methyl/N-ethyl adjacent to an activating group) is 1. The van der Waals surface area contributed by atoms with E-state index in [1.54, 1.807) is 55.6 Å². The number of hydrogen-bond donors (Lipinski definition) is 0. The van der Waals surface area contributed by atoms with Crippen LogP contribution in [0.15, 0.2) is 53.5 Å². The number of carbonyl (C=O) groups is 2. The zero-order valence-corrected chi connectivity index (χ0v) is 16.1. The van der Waals surface area contributed by atoms with Crippen molar-refractivity contribution < 1.29 is 14.3 Å². The Bertz CT molecular complexity index is 928. The molecule has 0 amide bonds. The number of carbonyl (C=O) groups excluding carboxylic acids is 2. The molecule has 0 radical (unpaired) electrons. The number of methoxy groups -OCH3 is 1. The maximum atomic E-state index is 13.3. The largest absolute Gasteiger partial charge is 0.497 e. The molecule has 1 saturated heterocycles. The Hall–Kier alpha value is -2.83.